The third-order valence-corrected chi connectivity index (χ3v) is 3.93. The number of carbonyl (C=O) groups is 4. The van der Waals surface area contributed by atoms with Crippen LogP contribution < -0.4 is 10.6 Å². The number of nitrogens with one attached hydrogen (secondary N) is 2. The topological polar surface area (TPSA) is 95.6 Å². The molecule has 2 rings (SSSR count). The van der Waals surface area contributed by atoms with Crippen LogP contribution in [0.25, 0.3) is 0 Å². The fourth-order valence-electron chi connectivity index (χ4n) is 2.67. The van der Waals surface area contributed by atoms with Gasteiger partial charge in [-0.1, -0.05) is 6.42 Å². The van der Waals surface area contributed by atoms with E-state index in [1.807, 2.05) is 0 Å². The molecular formula is C18H23N3O4. The summed E-state index contributed by atoms with van der Waals surface area (Å²) in [4.78, 5) is 47.1. The number of imide groups is 1. The maximum absolute atomic E-state index is 11.9. The van der Waals surface area contributed by atoms with Crippen LogP contribution in [0.4, 0.5) is 11.4 Å². The van der Waals surface area contributed by atoms with Crippen LogP contribution in [0.15, 0.2) is 24.3 Å². The molecule has 7 nitrogen and oxygen atoms in total. The highest BCUT2D eigenvalue weighted by Crippen LogP contribution is 2.15. The molecule has 1 aromatic rings. The number of rotatable bonds is 8. The van der Waals surface area contributed by atoms with E-state index < -0.39 is 0 Å². The zero-order valence-corrected chi connectivity index (χ0v) is 14.3. The summed E-state index contributed by atoms with van der Waals surface area (Å²) in [6.07, 6.45) is 3.23. The van der Waals surface area contributed by atoms with Crippen molar-refractivity contribution >= 4 is 35.0 Å². The molecule has 1 aliphatic rings. The highest BCUT2D eigenvalue weighted by Gasteiger charge is 2.27. The van der Waals surface area contributed by atoms with Crippen molar-refractivity contribution in [1.82, 2.24) is 4.90 Å². The van der Waals surface area contributed by atoms with Crippen molar-refractivity contribution in [3.8, 4) is 0 Å². The number of hydrogen-bond donors (Lipinski definition) is 2. The van der Waals surface area contributed by atoms with Crippen LogP contribution >= 0.6 is 0 Å². The molecule has 1 saturated heterocycles. The highest BCUT2D eigenvalue weighted by molar-refractivity contribution is 6.01. The molecular weight excluding hydrogens is 322 g/mol. The van der Waals surface area contributed by atoms with Gasteiger partial charge in [0.1, 0.15) is 0 Å². The minimum Gasteiger partial charge on any atom is -0.326 e. The van der Waals surface area contributed by atoms with Gasteiger partial charge in [-0.25, -0.2) is 0 Å². The number of carbonyl (C=O) groups excluding carboxylic acids is 4. The summed E-state index contributed by atoms with van der Waals surface area (Å²) in [6, 6.07) is 6.91. The van der Waals surface area contributed by atoms with Gasteiger partial charge in [0.2, 0.25) is 23.6 Å². The van der Waals surface area contributed by atoms with Crippen LogP contribution in [-0.2, 0) is 19.2 Å². The number of hydrogen-bond acceptors (Lipinski definition) is 4. The first-order valence-corrected chi connectivity index (χ1v) is 8.46. The van der Waals surface area contributed by atoms with E-state index in [1.165, 1.54) is 11.8 Å². The number of anilines is 2. The predicted octanol–water partition coefficient (Wildman–Crippen LogP) is 2.29. The first kappa shape index (κ1) is 18.6. The number of unbranched alkanes of at least 4 members (excludes halogenated alkanes) is 2. The van der Waals surface area contributed by atoms with Gasteiger partial charge in [-0.05, 0) is 37.1 Å². The quantitative estimate of drug-likeness (QED) is 0.558. The summed E-state index contributed by atoms with van der Waals surface area (Å²) in [5.74, 6) is -0.411. The summed E-state index contributed by atoms with van der Waals surface area (Å²) in [7, 11) is 0. The molecule has 134 valence electrons. The van der Waals surface area contributed by atoms with Gasteiger partial charge in [0, 0.05) is 44.1 Å². The first-order valence-electron chi connectivity index (χ1n) is 8.46. The van der Waals surface area contributed by atoms with Gasteiger partial charge in [-0.15, -0.1) is 0 Å². The fraction of sp³-hybridized carbons (Fsp3) is 0.444. The maximum Gasteiger partial charge on any atom is 0.229 e. The Labute approximate surface area is 146 Å². The molecule has 0 saturated carbocycles. The van der Waals surface area contributed by atoms with Crippen LogP contribution in [0.3, 0.4) is 0 Å². The number of amides is 4. The molecule has 0 aliphatic carbocycles. The second kappa shape index (κ2) is 8.96. The molecule has 1 fully saturated rings. The lowest BCUT2D eigenvalue weighted by Crippen LogP contribution is -2.29. The molecule has 0 radical (unpaired) electrons. The monoisotopic (exact) mass is 345 g/mol. The van der Waals surface area contributed by atoms with E-state index >= 15 is 0 Å². The molecule has 0 atom stereocenters. The summed E-state index contributed by atoms with van der Waals surface area (Å²) in [5.41, 5.74) is 1.35. The fourth-order valence-corrected chi connectivity index (χ4v) is 2.67. The van der Waals surface area contributed by atoms with Gasteiger partial charge >= 0.3 is 0 Å². The molecule has 0 aromatic heterocycles. The van der Waals surface area contributed by atoms with Crippen LogP contribution in [0.5, 0.6) is 0 Å². The predicted molar refractivity (Wildman–Crippen MR) is 93.8 cm³/mol. The number of nitrogens with zero attached hydrogens (tertiary/aromatic N) is 1. The molecule has 1 aromatic carbocycles. The molecule has 2 N–H and O–H groups in total. The lowest BCUT2D eigenvalue weighted by atomic mass is 10.1. The standard InChI is InChI=1S/C18H23N3O4/c1-13(22)19-14-6-8-15(9-7-14)20-16(23)5-3-2-4-12-21-17(24)10-11-18(21)25/h6-9H,2-5,10-12H2,1H3,(H,19,22)(H,20,23). The number of likely N-dealkylation sites (tertiary alicyclic amines) is 1. The van der Waals surface area contributed by atoms with Crippen LogP contribution in [0, 0.1) is 0 Å². The van der Waals surface area contributed by atoms with E-state index in [0.717, 1.165) is 12.8 Å². The second-order valence-electron chi connectivity index (χ2n) is 6.06. The zero-order chi connectivity index (χ0) is 18.2. The Morgan fingerprint density at radius 2 is 1.48 bits per heavy atom. The Morgan fingerprint density at radius 1 is 0.920 bits per heavy atom. The summed E-state index contributed by atoms with van der Waals surface area (Å²) in [5, 5.41) is 5.46. The molecule has 7 heteroatoms. The highest BCUT2D eigenvalue weighted by atomic mass is 16.2. The van der Waals surface area contributed by atoms with Crippen molar-refractivity contribution in [3.05, 3.63) is 24.3 Å². The molecule has 1 aliphatic heterocycles. The molecule has 25 heavy (non-hydrogen) atoms. The van der Waals surface area contributed by atoms with Crippen LogP contribution in [0.2, 0.25) is 0 Å². The Morgan fingerprint density at radius 3 is 2.04 bits per heavy atom. The Bertz CT molecular complexity index is 639. The van der Waals surface area contributed by atoms with E-state index in [0.29, 0.717) is 43.6 Å². The van der Waals surface area contributed by atoms with Crippen molar-refractivity contribution in [1.29, 1.82) is 0 Å². The molecule has 4 amide bonds. The van der Waals surface area contributed by atoms with Crippen molar-refractivity contribution in [3.63, 3.8) is 0 Å². The summed E-state index contributed by atoms with van der Waals surface area (Å²) < 4.78 is 0. The van der Waals surface area contributed by atoms with Gasteiger partial charge in [0.15, 0.2) is 0 Å². The lowest BCUT2D eigenvalue weighted by Gasteiger charge is -2.13. The smallest absolute Gasteiger partial charge is 0.229 e. The SMILES string of the molecule is CC(=O)Nc1ccc(NC(=O)CCCCCN2C(=O)CCC2=O)cc1. The van der Waals surface area contributed by atoms with Gasteiger partial charge in [-0.2, -0.15) is 0 Å². The van der Waals surface area contributed by atoms with Crippen molar-refractivity contribution < 1.29 is 19.2 Å². The van der Waals surface area contributed by atoms with Gasteiger partial charge < -0.3 is 10.6 Å². The summed E-state index contributed by atoms with van der Waals surface area (Å²) in [6.45, 7) is 1.88. The average Bonchev–Trinajstić information content (AvgIpc) is 2.87. The average molecular weight is 345 g/mol. The van der Waals surface area contributed by atoms with E-state index in [-0.39, 0.29) is 23.6 Å². The lowest BCUT2D eigenvalue weighted by molar-refractivity contribution is -0.138. The van der Waals surface area contributed by atoms with Crippen molar-refractivity contribution in [2.24, 2.45) is 0 Å². The van der Waals surface area contributed by atoms with E-state index in [2.05, 4.69) is 10.6 Å². The van der Waals surface area contributed by atoms with E-state index in [1.54, 1.807) is 24.3 Å². The minimum absolute atomic E-state index is 0.0828. The Hall–Kier alpha value is -2.70. The largest absolute Gasteiger partial charge is 0.326 e. The summed E-state index contributed by atoms with van der Waals surface area (Å²) >= 11 is 0. The van der Waals surface area contributed by atoms with Crippen LogP contribution in [-0.4, -0.2) is 35.1 Å². The third-order valence-electron chi connectivity index (χ3n) is 3.93. The maximum atomic E-state index is 11.9. The van der Waals surface area contributed by atoms with Gasteiger partial charge in [0.25, 0.3) is 0 Å². The number of benzene rings is 1. The van der Waals surface area contributed by atoms with E-state index in [4.69, 9.17) is 0 Å². The Balaban J connectivity index is 1.63. The first-order chi connectivity index (χ1) is 12.0. The second-order valence-corrected chi connectivity index (χ2v) is 6.06. The molecule has 0 bridgehead atoms. The van der Waals surface area contributed by atoms with E-state index in [9.17, 15) is 19.2 Å². The van der Waals surface area contributed by atoms with Crippen molar-refractivity contribution in [2.75, 3.05) is 17.2 Å². The van der Waals surface area contributed by atoms with Gasteiger partial charge in [0.05, 0.1) is 0 Å². The molecule has 1 heterocycles. The van der Waals surface area contributed by atoms with Crippen molar-refractivity contribution in [2.45, 2.75) is 45.4 Å². The Kier molecular flexibility index (Phi) is 6.68. The minimum atomic E-state index is -0.144. The van der Waals surface area contributed by atoms with Gasteiger partial charge in [-0.3, -0.25) is 24.1 Å². The third kappa shape index (κ3) is 6.02. The normalized spacial score (nSPS) is 13.9. The van der Waals surface area contributed by atoms with Crippen LogP contribution in [0.1, 0.15) is 45.4 Å². The molecule has 0 spiro atoms. The zero-order valence-electron chi connectivity index (χ0n) is 14.3. The molecule has 0 unspecified atom stereocenters.